The molecule has 2 heterocycles. The number of methoxy groups -OCH3 is 1. The summed E-state index contributed by atoms with van der Waals surface area (Å²) in [4.78, 5) is 19.6. The predicted octanol–water partition coefficient (Wildman–Crippen LogP) is 2.26. The first-order valence-corrected chi connectivity index (χ1v) is 7.98. The second kappa shape index (κ2) is 6.29. The van der Waals surface area contributed by atoms with Crippen molar-refractivity contribution in [3.8, 4) is 5.75 Å². The molecular weight excluding hydrogens is 322 g/mol. The molecule has 8 heteroatoms. The van der Waals surface area contributed by atoms with E-state index in [2.05, 4.69) is 15.1 Å². The van der Waals surface area contributed by atoms with Crippen LogP contribution in [0.1, 0.15) is 19.7 Å². The predicted molar refractivity (Wildman–Crippen MR) is 96.7 cm³/mol. The lowest BCUT2D eigenvalue weighted by Crippen LogP contribution is -2.27. The number of hydrogen-bond donors (Lipinski definition) is 2. The Kier molecular flexibility index (Phi) is 4.30. The van der Waals surface area contributed by atoms with E-state index in [-0.39, 0.29) is 13.1 Å². The van der Waals surface area contributed by atoms with Crippen molar-refractivity contribution in [3.63, 3.8) is 0 Å². The van der Waals surface area contributed by atoms with Crippen LogP contribution in [0.4, 0.5) is 5.82 Å². The fourth-order valence-corrected chi connectivity index (χ4v) is 3.03. The van der Waals surface area contributed by atoms with Crippen LogP contribution in [0.15, 0.2) is 23.4 Å². The molecule has 0 fully saturated rings. The Morgan fingerprint density at radius 1 is 1.36 bits per heavy atom. The number of anilines is 1. The van der Waals surface area contributed by atoms with E-state index in [1.54, 1.807) is 21.0 Å². The number of aliphatic hydroxyl groups is 1. The molecule has 3 aromatic rings. The Morgan fingerprint density at radius 2 is 2.12 bits per heavy atom. The number of pyridine rings is 1. The third-order valence-electron chi connectivity index (χ3n) is 3.96. The minimum Gasteiger partial charge on any atom is -0.496 e. The van der Waals surface area contributed by atoms with Crippen LogP contribution in [-0.2, 0) is 13.0 Å². The van der Waals surface area contributed by atoms with E-state index >= 15 is 0 Å². The molecular formula is C17H21N5O3. The molecule has 0 aliphatic rings. The van der Waals surface area contributed by atoms with Gasteiger partial charge in [0.2, 0.25) is 0 Å². The zero-order valence-corrected chi connectivity index (χ0v) is 14.5. The summed E-state index contributed by atoms with van der Waals surface area (Å²) in [6.07, 6.45) is 0.352. The number of fused-ring (bicyclic) bond motifs is 3. The van der Waals surface area contributed by atoms with Gasteiger partial charge in [0, 0.05) is 6.42 Å². The van der Waals surface area contributed by atoms with E-state index in [1.807, 2.05) is 22.8 Å². The van der Waals surface area contributed by atoms with Crippen LogP contribution in [0.5, 0.6) is 5.75 Å². The van der Waals surface area contributed by atoms with Gasteiger partial charge in [0.05, 0.1) is 42.2 Å². The summed E-state index contributed by atoms with van der Waals surface area (Å²) in [6, 6.07) is 5.53. The normalized spacial score (nSPS) is 12.0. The zero-order chi connectivity index (χ0) is 18.2. The van der Waals surface area contributed by atoms with Crippen LogP contribution in [0.25, 0.3) is 21.9 Å². The minimum absolute atomic E-state index is 0.0948. The van der Waals surface area contributed by atoms with Gasteiger partial charge in [-0.3, -0.25) is 0 Å². The summed E-state index contributed by atoms with van der Waals surface area (Å²) >= 11 is 0. The van der Waals surface area contributed by atoms with Gasteiger partial charge in [0.15, 0.2) is 5.82 Å². The highest BCUT2D eigenvalue weighted by atomic mass is 16.5. The average molecular weight is 343 g/mol. The van der Waals surface area contributed by atoms with Crippen molar-refractivity contribution in [2.24, 2.45) is 5.18 Å². The summed E-state index contributed by atoms with van der Waals surface area (Å²) < 4.78 is 7.38. The molecule has 132 valence electrons. The van der Waals surface area contributed by atoms with E-state index < -0.39 is 5.60 Å². The average Bonchev–Trinajstić information content (AvgIpc) is 2.89. The van der Waals surface area contributed by atoms with Crippen molar-refractivity contribution in [2.75, 3.05) is 19.4 Å². The molecule has 0 radical (unpaired) electrons. The van der Waals surface area contributed by atoms with Crippen LogP contribution < -0.4 is 10.5 Å². The standard InChI is InChI=1S/C17H21N5O3/c1-17(2,23)9-22-12(7-8-19-24)21-14-15(22)13-10(20-16(14)18)5-4-6-11(13)25-3/h4-6,23H,7-9H2,1-3H3,(H2,18,20). The first kappa shape index (κ1) is 17.1. The highest BCUT2D eigenvalue weighted by molar-refractivity contribution is 6.09. The van der Waals surface area contributed by atoms with Gasteiger partial charge in [-0.25, -0.2) is 9.97 Å². The smallest absolute Gasteiger partial charge is 0.152 e. The number of nitroso groups, excluding NO2 is 1. The summed E-state index contributed by atoms with van der Waals surface area (Å²) in [6.45, 7) is 3.81. The third kappa shape index (κ3) is 3.12. The molecule has 0 saturated carbocycles. The Bertz CT molecular complexity index is 943. The summed E-state index contributed by atoms with van der Waals surface area (Å²) in [5, 5.41) is 14.0. The first-order chi connectivity index (χ1) is 11.9. The molecule has 2 aromatic heterocycles. The van der Waals surface area contributed by atoms with Crippen LogP contribution in [0.3, 0.4) is 0 Å². The fourth-order valence-electron chi connectivity index (χ4n) is 3.03. The van der Waals surface area contributed by atoms with E-state index in [4.69, 9.17) is 10.5 Å². The number of ether oxygens (including phenoxy) is 1. The molecule has 0 saturated heterocycles. The van der Waals surface area contributed by atoms with Crippen molar-refractivity contribution < 1.29 is 9.84 Å². The second-order valence-corrected chi connectivity index (χ2v) is 6.58. The topological polar surface area (TPSA) is 116 Å². The van der Waals surface area contributed by atoms with Gasteiger partial charge < -0.3 is 20.1 Å². The molecule has 3 rings (SSSR count). The van der Waals surface area contributed by atoms with E-state index in [0.717, 1.165) is 10.9 Å². The summed E-state index contributed by atoms with van der Waals surface area (Å²) in [5.74, 6) is 1.57. The molecule has 25 heavy (non-hydrogen) atoms. The lowest BCUT2D eigenvalue weighted by molar-refractivity contribution is 0.0619. The SMILES string of the molecule is COc1cccc2nc(N)c3nc(CCN=O)n(CC(C)(C)O)c3c12. The molecule has 8 nitrogen and oxygen atoms in total. The van der Waals surface area contributed by atoms with Gasteiger partial charge in [0.1, 0.15) is 17.1 Å². The Morgan fingerprint density at radius 3 is 2.76 bits per heavy atom. The minimum atomic E-state index is -0.983. The fraction of sp³-hybridized carbons (Fsp3) is 0.412. The highest BCUT2D eigenvalue weighted by Crippen LogP contribution is 2.35. The van der Waals surface area contributed by atoms with E-state index in [9.17, 15) is 10.0 Å². The monoisotopic (exact) mass is 343 g/mol. The van der Waals surface area contributed by atoms with Crippen molar-refractivity contribution in [3.05, 3.63) is 28.9 Å². The van der Waals surface area contributed by atoms with Crippen LogP contribution >= 0.6 is 0 Å². The molecule has 0 bridgehead atoms. The van der Waals surface area contributed by atoms with Gasteiger partial charge in [-0.05, 0) is 26.0 Å². The maximum absolute atomic E-state index is 10.6. The molecule has 0 aliphatic heterocycles. The van der Waals surface area contributed by atoms with Crippen molar-refractivity contribution in [1.29, 1.82) is 0 Å². The summed E-state index contributed by atoms with van der Waals surface area (Å²) in [5.41, 5.74) is 7.08. The van der Waals surface area contributed by atoms with E-state index in [1.165, 1.54) is 0 Å². The number of imidazole rings is 1. The van der Waals surface area contributed by atoms with E-state index in [0.29, 0.717) is 34.8 Å². The van der Waals surface area contributed by atoms with Crippen LogP contribution in [0.2, 0.25) is 0 Å². The first-order valence-electron chi connectivity index (χ1n) is 7.98. The van der Waals surface area contributed by atoms with Gasteiger partial charge in [-0.15, -0.1) is 0 Å². The van der Waals surface area contributed by atoms with Crippen molar-refractivity contribution in [1.82, 2.24) is 14.5 Å². The van der Waals surface area contributed by atoms with Crippen molar-refractivity contribution >= 4 is 27.8 Å². The molecule has 0 aliphatic carbocycles. The van der Waals surface area contributed by atoms with Gasteiger partial charge in [-0.2, -0.15) is 4.91 Å². The lowest BCUT2D eigenvalue weighted by Gasteiger charge is -2.21. The molecule has 3 N–H and O–H groups in total. The highest BCUT2D eigenvalue weighted by Gasteiger charge is 2.23. The summed E-state index contributed by atoms with van der Waals surface area (Å²) in [7, 11) is 1.59. The number of nitrogens with zero attached hydrogens (tertiary/aromatic N) is 4. The molecule has 0 unspecified atom stereocenters. The Hall–Kier alpha value is -2.74. The number of aromatic nitrogens is 3. The van der Waals surface area contributed by atoms with Crippen LogP contribution in [0, 0.1) is 4.91 Å². The maximum Gasteiger partial charge on any atom is 0.152 e. The van der Waals surface area contributed by atoms with Gasteiger partial charge in [-0.1, -0.05) is 11.2 Å². The Balaban J connectivity index is 2.42. The number of hydrogen-bond acceptors (Lipinski definition) is 7. The quantitative estimate of drug-likeness (QED) is 0.663. The Labute approximate surface area is 144 Å². The van der Waals surface area contributed by atoms with Crippen molar-refractivity contribution in [2.45, 2.75) is 32.4 Å². The lowest BCUT2D eigenvalue weighted by atomic mass is 10.1. The molecule has 0 atom stereocenters. The number of benzene rings is 1. The second-order valence-electron chi connectivity index (χ2n) is 6.58. The van der Waals surface area contributed by atoms with Gasteiger partial charge in [0.25, 0.3) is 0 Å². The molecule has 1 aromatic carbocycles. The maximum atomic E-state index is 10.6. The zero-order valence-electron chi connectivity index (χ0n) is 14.5. The van der Waals surface area contributed by atoms with Crippen LogP contribution in [-0.4, -0.2) is 38.9 Å². The molecule has 0 amide bonds. The van der Waals surface area contributed by atoms with Gasteiger partial charge >= 0.3 is 0 Å². The molecule has 0 spiro atoms. The number of nitrogens with two attached hydrogens (primary N) is 1. The number of rotatable bonds is 6. The third-order valence-corrected chi connectivity index (χ3v) is 3.96. The largest absolute Gasteiger partial charge is 0.496 e. The number of nitrogen functional groups attached to an aromatic ring is 1.